The minimum absolute atomic E-state index is 0.800. The number of hydrogen-bond donors (Lipinski definition) is 0. The molecule has 1 aliphatic carbocycles. The van der Waals surface area contributed by atoms with Gasteiger partial charge < -0.3 is 4.57 Å². The van der Waals surface area contributed by atoms with Gasteiger partial charge in [-0.2, -0.15) is 0 Å². The molecule has 0 amide bonds. The van der Waals surface area contributed by atoms with E-state index < -0.39 is 0 Å². The molecule has 0 fully saturated rings. The lowest BCUT2D eigenvalue weighted by molar-refractivity contribution is 1.04. The largest absolute Gasteiger partial charge is 0.304 e. The monoisotopic (exact) mass is 283 g/mol. The Hall–Kier alpha value is -1.58. The Morgan fingerprint density at radius 3 is 2.58 bits per heavy atom. The molecular formula is C16H13NS2. The van der Waals surface area contributed by atoms with Gasteiger partial charge in [-0.3, -0.25) is 0 Å². The minimum atomic E-state index is 0.800. The van der Waals surface area contributed by atoms with Crippen molar-refractivity contribution in [1.29, 1.82) is 0 Å². The van der Waals surface area contributed by atoms with E-state index >= 15 is 0 Å². The maximum absolute atomic E-state index is 5.54. The summed E-state index contributed by atoms with van der Waals surface area (Å²) in [4.78, 5) is 0. The minimum Gasteiger partial charge on any atom is -0.304 e. The van der Waals surface area contributed by atoms with Crippen LogP contribution in [0.25, 0.3) is 16.6 Å². The zero-order valence-corrected chi connectivity index (χ0v) is 12.0. The lowest BCUT2D eigenvalue weighted by Gasteiger charge is -2.13. The first kappa shape index (κ1) is 12.5. The normalized spacial score (nSPS) is 14.4. The highest BCUT2D eigenvalue weighted by atomic mass is 32.1. The summed E-state index contributed by atoms with van der Waals surface area (Å²) in [6.45, 7) is 0. The van der Waals surface area contributed by atoms with Crippen LogP contribution in [0.4, 0.5) is 0 Å². The van der Waals surface area contributed by atoms with E-state index in [2.05, 4.69) is 34.9 Å². The third-order valence-electron chi connectivity index (χ3n) is 3.28. The molecule has 0 N–H and O–H groups in total. The Morgan fingerprint density at radius 1 is 0.947 bits per heavy atom. The van der Waals surface area contributed by atoms with Crippen molar-refractivity contribution in [3.63, 3.8) is 0 Å². The smallest absolute Gasteiger partial charge is 0.110 e. The van der Waals surface area contributed by atoms with Gasteiger partial charge in [0.25, 0.3) is 0 Å². The van der Waals surface area contributed by atoms with Crippen LogP contribution in [0.15, 0.2) is 54.6 Å². The number of fused-ring (bicyclic) bond motifs is 1. The molecule has 19 heavy (non-hydrogen) atoms. The van der Waals surface area contributed by atoms with E-state index in [1.807, 2.05) is 24.3 Å². The fourth-order valence-corrected chi connectivity index (χ4v) is 2.90. The van der Waals surface area contributed by atoms with Gasteiger partial charge in [0, 0.05) is 22.0 Å². The van der Waals surface area contributed by atoms with Crippen LogP contribution < -0.4 is 0 Å². The van der Waals surface area contributed by atoms with Crippen molar-refractivity contribution in [2.24, 2.45) is 0 Å². The van der Waals surface area contributed by atoms with Gasteiger partial charge in [-0.1, -0.05) is 60.9 Å². The molecule has 3 rings (SSSR count). The molecule has 0 radical (unpaired) electrons. The van der Waals surface area contributed by atoms with Gasteiger partial charge in [0.1, 0.15) is 4.64 Å². The molecule has 1 heterocycles. The molecule has 1 aromatic carbocycles. The summed E-state index contributed by atoms with van der Waals surface area (Å²) < 4.78 is 3.78. The SMILES string of the molecule is S=c1ccc(=S)n(C2=CCC=CC2)c2ccccc12. The first-order valence-corrected chi connectivity index (χ1v) is 7.08. The maximum Gasteiger partial charge on any atom is 0.110 e. The summed E-state index contributed by atoms with van der Waals surface area (Å²) in [5.74, 6) is 0. The van der Waals surface area contributed by atoms with Crippen molar-refractivity contribution in [2.75, 3.05) is 0 Å². The average Bonchev–Trinajstić information content (AvgIpc) is 2.58. The van der Waals surface area contributed by atoms with Crippen molar-refractivity contribution in [2.45, 2.75) is 12.8 Å². The summed E-state index contributed by atoms with van der Waals surface area (Å²) in [7, 11) is 0. The van der Waals surface area contributed by atoms with E-state index in [0.717, 1.165) is 32.9 Å². The van der Waals surface area contributed by atoms with Crippen LogP contribution in [0.2, 0.25) is 0 Å². The first-order valence-electron chi connectivity index (χ1n) is 6.27. The second-order valence-corrected chi connectivity index (χ2v) is 5.35. The molecule has 0 saturated carbocycles. The zero-order valence-electron chi connectivity index (χ0n) is 10.4. The van der Waals surface area contributed by atoms with Crippen LogP contribution in [0, 0.1) is 9.15 Å². The highest BCUT2D eigenvalue weighted by Gasteiger charge is 2.06. The molecule has 0 spiro atoms. The van der Waals surface area contributed by atoms with E-state index in [1.54, 1.807) is 0 Å². The molecule has 0 atom stereocenters. The van der Waals surface area contributed by atoms with E-state index in [4.69, 9.17) is 24.4 Å². The van der Waals surface area contributed by atoms with Crippen LogP contribution >= 0.6 is 24.4 Å². The lowest BCUT2D eigenvalue weighted by Crippen LogP contribution is -2.00. The molecule has 3 heteroatoms. The topological polar surface area (TPSA) is 4.93 Å². The molecule has 94 valence electrons. The molecule has 2 aromatic rings. The van der Waals surface area contributed by atoms with Gasteiger partial charge in [-0.05, 0) is 24.6 Å². The fraction of sp³-hybridized carbons (Fsp3) is 0.125. The summed E-state index contributed by atoms with van der Waals surface area (Å²) >= 11 is 11.0. The Kier molecular flexibility index (Phi) is 3.40. The number of rotatable bonds is 1. The molecule has 1 aromatic heterocycles. The van der Waals surface area contributed by atoms with E-state index in [-0.39, 0.29) is 0 Å². The number of hydrogen-bond acceptors (Lipinski definition) is 2. The third kappa shape index (κ3) is 2.31. The maximum atomic E-state index is 5.54. The molecule has 0 bridgehead atoms. The van der Waals surface area contributed by atoms with Gasteiger partial charge in [-0.25, -0.2) is 0 Å². The van der Waals surface area contributed by atoms with E-state index in [0.29, 0.717) is 0 Å². The highest BCUT2D eigenvalue weighted by molar-refractivity contribution is 7.72. The predicted octanol–water partition coefficient (Wildman–Crippen LogP) is 5.29. The van der Waals surface area contributed by atoms with Crippen molar-refractivity contribution in [3.8, 4) is 0 Å². The predicted molar refractivity (Wildman–Crippen MR) is 86.3 cm³/mol. The van der Waals surface area contributed by atoms with Gasteiger partial charge in [0.2, 0.25) is 0 Å². The fourth-order valence-electron chi connectivity index (χ4n) is 2.37. The Bertz CT molecular complexity index is 813. The summed E-state index contributed by atoms with van der Waals surface area (Å²) in [5.41, 5.74) is 2.32. The summed E-state index contributed by atoms with van der Waals surface area (Å²) in [6, 6.07) is 12.0. The molecule has 1 nitrogen and oxygen atoms in total. The van der Waals surface area contributed by atoms with Gasteiger partial charge in [0.05, 0.1) is 5.52 Å². The lowest BCUT2D eigenvalue weighted by atomic mass is 10.1. The van der Waals surface area contributed by atoms with Crippen molar-refractivity contribution in [1.82, 2.24) is 4.57 Å². The van der Waals surface area contributed by atoms with Crippen molar-refractivity contribution in [3.05, 3.63) is 63.8 Å². The molecular weight excluding hydrogens is 270 g/mol. The molecule has 0 saturated heterocycles. The Morgan fingerprint density at radius 2 is 1.79 bits per heavy atom. The number of nitrogens with zero attached hydrogens (tertiary/aromatic N) is 1. The van der Waals surface area contributed by atoms with Gasteiger partial charge in [-0.15, -0.1) is 0 Å². The van der Waals surface area contributed by atoms with E-state index in [9.17, 15) is 0 Å². The second-order valence-electron chi connectivity index (χ2n) is 4.50. The average molecular weight is 283 g/mol. The number of allylic oxidation sites excluding steroid dienone is 4. The first-order chi connectivity index (χ1) is 9.27. The molecule has 1 aliphatic rings. The standard InChI is InChI=1S/C16H13NS2/c18-15-10-11-16(19)17(12-6-2-1-3-7-12)14-9-5-4-8-13(14)15/h1-2,4-5,7-11H,3,6H2. The molecule has 0 unspecified atom stereocenters. The van der Waals surface area contributed by atoms with Crippen LogP contribution in [-0.4, -0.2) is 4.57 Å². The van der Waals surface area contributed by atoms with E-state index in [1.165, 1.54) is 5.70 Å². The highest BCUT2D eigenvalue weighted by Crippen LogP contribution is 2.23. The van der Waals surface area contributed by atoms with Crippen LogP contribution in [0.3, 0.4) is 0 Å². The van der Waals surface area contributed by atoms with Gasteiger partial charge >= 0.3 is 0 Å². The summed E-state index contributed by atoms with van der Waals surface area (Å²) in [5, 5.41) is 1.07. The Labute approximate surface area is 122 Å². The Balaban J connectivity index is 2.45. The summed E-state index contributed by atoms with van der Waals surface area (Å²) in [6.07, 6.45) is 8.47. The van der Waals surface area contributed by atoms with Crippen LogP contribution in [0.1, 0.15) is 12.8 Å². The van der Waals surface area contributed by atoms with Crippen molar-refractivity contribution < 1.29 is 0 Å². The zero-order chi connectivity index (χ0) is 13.2. The van der Waals surface area contributed by atoms with Crippen LogP contribution in [-0.2, 0) is 0 Å². The third-order valence-corrected chi connectivity index (χ3v) is 3.95. The van der Waals surface area contributed by atoms with Crippen molar-refractivity contribution >= 4 is 41.0 Å². The number of para-hydroxylation sites is 1. The van der Waals surface area contributed by atoms with Gasteiger partial charge in [0.15, 0.2) is 0 Å². The number of aromatic nitrogens is 1. The molecule has 0 aliphatic heterocycles. The van der Waals surface area contributed by atoms with Crippen LogP contribution in [0.5, 0.6) is 0 Å². The number of benzene rings is 1. The second kappa shape index (κ2) is 5.19. The quantitative estimate of drug-likeness (QED) is 0.517.